The van der Waals surface area contributed by atoms with Crippen molar-refractivity contribution < 1.29 is 23.5 Å². The number of methoxy groups -OCH3 is 1. The molecule has 0 saturated heterocycles. The molecule has 0 aliphatic rings. The third-order valence-corrected chi connectivity index (χ3v) is 3.58. The summed E-state index contributed by atoms with van der Waals surface area (Å²) in [6.45, 7) is 1.44. The molecule has 0 amide bonds. The van der Waals surface area contributed by atoms with E-state index in [0.29, 0.717) is 33.6 Å². The van der Waals surface area contributed by atoms with E-state index in [2.05, 4.69) is 0 Å². The van der Waals surface area contributed by atoms with Gasteiger partial charge in [0.2, 0.25) is 0 Å². The minimum absolute atomic E-state index is 0.00881. The normalized spacial score (nSPS) is 10.6. The lowest BCUT2D eigenvalue weighted by Gasteiger charge is -2.04. The second kappa shape index (κ2) is 6.58. The van der Waals surface area contributed by atoms with Crippen molar-refractivity contribution in [3.63, 3.8) is 0 Å². The van der Waals surface area contributed by atoms with Gasteiger partial charge in [0.25, 0.3) is 0 Å². The summed E-state index contributed by atoms with van der Waals surface area (Å²) in [7, 11) is 1.57. The Morgan fingerprint density at radius 1 is 1.04 bits per heavy atom. The number of carbonyl (C=O) groups excluding carboxylic acids is 2. The van der Waals surface area contributed by atoms with Crippen LogP contribution in [0, 0.1) is 0 Å². The van der Waals surface area contributed by atoms with Crippen molar-refractivity contribution in [2.45, 2.75) is 6.92 Å². The highest BCUT2D eigenvalue weighted by Gasteiger charge is 2.16. The number of fused-ring (bicyclic) bond motifs is 1. The quantitative estimate of drug-likeness (QED) is 0.648. The van der Waals surface area contributed by atoms with Crippen LogP contribution in [0.15, 0.2) is 53.1 Å². The number of furan rings is 1. The molecule has 5 nitrogen and oxygen atoms in total. The van der Waals surface area contributed by atoms with E-state index in [1.54, 1.807) is 49.6 Å². The van der Waals surface area contributed by atoms with Crippen molar-refractivity contribution in [1.82, 2.24) is 0 Å². The van der Waals surface area contributed by atoms with E-state index < -0.39 is 0 Å². The lowest BCUT2D eigenvalue weighted by atomic mass is 10.0. The van der Waals surface area contributed by atoms with Gasteiger partial charge in [0.1, 0.15) is 30.0 Å². The molecule has 0 bridgehead atoms. The van der Waals surface area contributed by atoms with Gasteiger partial charge in [0.05, 0.1) is 12.7 Å². The molecule has 122 valence electrons. The van der Waals surface area contributed by atoms with Crippen LogP contribution in [0.4, 0.5) is 0 Å². The zero-order chi connectivity index (χ0) is 17.1. The molecule has 0 aliphatic carbocycles. The molecule has 0 aliphatic heterocycles. The van der Waals surface area contributed by atoms with Crippen molar-refractivity contribution in [2.24, 2.45) is 0 Å². The van der Waals surface area contributed by atoms with Gasteiger partial charge < -0.3 is 13.9 Å². The highest BCUT2D eigenvalue weighted by atomic mass is 16.5. The van der Waals surface area contributed by atoms with Crippen LogP contribution in [0.5, 0.6) is 11.5 Å². The van der Waals surface area contributed by atoms with E-state index in [9.17, 15) is 9.59 Å². The highest BCUT2D eigenvalue weighted by Crippen LogP contribution is 2.28. The third-order valence-electron chi connectivity index (χ3n) is 3.58. The fourth-order valence-electron chi connectivity index (χ4n) is 2.36. The summed E-state index contributed by atoms with van der Waals surface area (Å²) in [6, 6.07) is 12.0. The van der Waals surface area contributed by atoms with E-state index >= 15 is 0 Å². The van der Waals surface area contributed by atoms with Crippen molar-refractivity contribution >= 4 is 22.5 Å². The standard InChI is InChI=1S/C19H16O5/c1-12(20)10-23-15-7-8-18-16(9-15)17(11-24-18)19(21)13-3-5-14(22-2)6-4-13/h3-9,11H,10H2,1-2H3. The third kappa shape index (κ3) is 3.15. The highest BCUT2D eigenvalue weighted by molar-refractivity contribution is 6.16. The van der Waals surface area contributed by atoms with Crippen LogP contribution in [0.1, 0.15) is 22.8 Å². The number of ether oxygens (including phenoxy) is 2. The second-order valence-corrected chi connectivity index (χ2v) is 5.36. The second-order valence-electron chi connectivity index (χ2n) is 5.36. The molecule has 0 saturated carbocycles. The Hall–Kier alpha value is -3.08. The Morgan fingerprint density at radius 3 is 2.42 bits per heavy atom. The minimum atomic E-state index is -0.153. The minimum Gasteiger partial charge on any atom is -0.497 e. The summed E-state index contributed by atoms with van der Waals surface area (Å²) in [6.07, 6.45) is 1.44. The van der Waals surface area contributed by atoms with E-state index in [1.165, 1.54) is 13.2 Å². The van der Waals surface area contributed by atoms with Gasteiger partial charge in [0, 0.05) is 10.9 Å². The predicted octanol–water partition coefficient (Wildman–Crippen LogP) is 3.64. The fourth-order valence-corrected chi connectivity index (χ4v) is 2.36. The molecule has 24 heavy (non-hydrogen) atoms. The molecular formula is C19H16O5. The Balaban J connectivity index is 1.94. The van der Waals surface area contributed by atoms with E-state index in [1.807, 2.05) is 0 Å². The summed E-state index contributed by atoms with van der Waals surface area (Å²) in [5.41, 5.74) is 1.57. The number of hydrogen-bond donors (Lipinski definition) is 0. The topological polar surface area (TPSA) is 65.7 Å². The zero-order valence-corrected chi connectivity index (χ0v) is 13.4. The lowest BCUT2D eigenvalue weighted by molar-refractivity contribution is -0.118. The Morgan fingerprint density at radius 2 is 1.75 bits per heavy atom. The molecule has 1 aromatic heterocycles. The molecule has 0 radical (unpaired) electrons. The van der Waals surface area contributed by atoms with Gasteiger partial charge in [-0.2, -0.15) is 0 Å². The average molecular weight is 324 g/mol. The first-order chi connectivity index (χ1) is 11.6. The average Bonchev–Trinajstić information content (AvgIpc) is 3.02. The number of Topliss-reactive ketones (excluding diaryl/α,β-unsaturated/α-hetero) is 1. The molecular weight excluding hydrogens is 308 g/mol. The lowest BCUT2D eigenvalue weighted by Crippen LogP contribution is -2.06. The SMILES string of the molecule is COc1ccc(C(=O)c2coc3ccc(OCC(C)=O)cc23)cc1. The van der Waals surface area contributed by atoms with Gasteiger partial charge in [-0.1, -0.05) is 0 Å². The summed E-state index contributed by atoms with van der Waals surface area (Å²) >= 11 is 0. The zero-order valence-electron chi connectivity index (χ0n) is 13.4. The van der Waals surface area contributed by atoms with Crippen LogP contribution >= 0.6 is 0 Å². The van der Waals surface area contributed by atoms with Gasteiger partial charge in [-0.15, -0.1) is 0 Å². The Bertz CT molecular complexity index is 890. The molecule has 0 unspecified atom stereocenters. The van der Waals surface area contributed by atoms with Crippen LogP contribution in [-0.2, 0) is 4.79 Å². The van der Waals surface area contributed by atoms with Crippen molar-refractivity contribution in [1.29, 1.82) is 0 Å². The van der Waals surface area contributed by atoms with E-state index in [-0.39, 0.29) is 18.2 Å². The monoisotopic (exact) mass is 324 g/mol. The molecule has 2 aromatic carbocycles. The molecule has 0 fully saturated rings. The largest absolute Gasteiger partial charge is 0.497 e. The molecule has 1 heterocycles. The van der Waals surface area contributed by atoms with Crippen molar-refractivity contribution in [2.75, 3.05) is 13.7 Å². The molecule has 5 heteroatoms. The maximum absolute atomic E-state index is 12.7. The van der Waals surface area contributed by atoms with Crippen LogP contribution in [0.3, 0.4) is 0 Å². The molecule has 0 spiro atoms. The van der Waals surface area contributed by atoms with E-state index in [0.717, 1.165) is 0 Å². The molecule has 3 rings (SSSR count). The number of carbonyl (C=O) groups is 2. The first-order valence-electron chi connectivity index (χ1n) is 7.40. The smallest absolute Gasteiger partial charge is 0.196 e. The van der Waals surface area contributed by atoms with Crippen LogP contribution in [0.25, 0.3) is 11.0 Å². The Labute approximate surface area is 138 Å². The van der Waals surface area contributed by atoms with Gasteiger partial charge in [-0.3, -0.25) is 9.59 Å². The summed E-state index contributed by atoms with van der Waals surface area (Å²) in [4.78, 5) is 23.7. The molecule has 3 aromatic rings. The van der Waals surface area contributed by atoms with Crippen LogP contribution in [0.2, 0.25) is 0 Å². The van der Waals surface area contributed by atoms with Crippen molar-refractivity contribution in [3.05, 3.63) is 59.9 Å². The first kappa shape index (κ1) is 15.8. The summed E-state index contributed by atoms with van der Waals surface area (Å²) in [5.74, 6) is 0.975. The summed E-state index contributed by atoms with van der Waals surface area (Å²) in [5, 5.41) is 0.650. The number of hydrogen-bond acceptors (Lipinski definition) is 5. The number of benzene rings is 2. The first-order valence-corrected chi connectivity index (χ1v) is 7.40. The fraction of sp³-hybridized carbons (Fsp3) is 0.158. The van der Waals surface area contributed by atoms with Gasteiger partial charge in [0.15, 0.2) is 11.6 Å². The molecule has 0 atom stereocenters. The van der Waals surface area contributed by atoms with Gasteiger partial charge in [-0.25, -0.2) is 0 Å². The van der Waals surface area contributed by atoms with Gasteiger partial charge >= 0.3 is 0 Å². The number of rotatable bonds is 6. The Kier molecular flexibility index (Phi) is 4.33. The number of ketones is 2. The maximum Gasteiger partial charge on any atom is 0.196 e. The van der Waals surface area contributed by atoms with Gasteiger partial charge in [-0.05, 0) is 49.4 Å². The summed E-state index contributed by atoms with van der Waals surface area (Å²) < 4.78 is 15.9. The predicted molar refractivity (Wildman–Crippen MR) is 88.8 cm³/mol. The maximum atomic E-state index is 12.7. The van der Waals surface area contributed by atoms with Crippen LogP contribution < -0.4 is 9.47 Å². The van der Waals surface area contributed by atoms with E-state index in [4.69, 9.17) is 13.9 Å². The molecule has 0 N–H and O–H groups in total. The van der Waals surface area contributed by atoms with Crippen LogP contribution in [-0.4, -0.2) is 25.3 Å². The van der Waals surface area contributed by atoms with Crippen molar-refractivity contribution in [3.8, 4) is 11.5 Å².